The molecule has 0 fully saturated rings. The first-order valence-electron chi connectivity index (χ1n) is 9.51. The minimum atomic E-state index is -4.35. The van der Waals surface area contributed by atoms with E-state index in [-0.39, 0.29) is 24.7 Å². The first-order chi connectivity index (χ1) is 14.3. The Morgan fingerprint density at radius 2 is 1.90 bits per heavy atom. The van der Waals surface area contributed by atoms with Crippen molar-refractivity contribution in [2.45, 2.75) is 25.4 Å². The van der Waals surface area contributed by atoms with Crippen molar-refractivity contribution >= 4 is 23.3 Å². The van der Waals surface area contributed by atoms with E-state index in [1.165, 1.54) is 12.1 Å². The molecule has 0 aliphatic carbocycles. The standard InChI is InChI=1S/C22H19F3N2O3/c23-22(24,25)16-2-5-18(6-3-16)27-9-7-14(8-10-27)11-20(28)26-17-4-1-15-12-21(29)30-19(15)13-17/h1-7,13H,8-12H2,(H,26,28). The third-order valence-electron chi connectivity index (χ3n) is 5.16. The summed E-state index contributed by atoms with van der Waals surface area (Å²) in [5.41, 5.74) is 2.39. The van der Waals surface area contributed by atoms with Gasteiger partial charge in [-0.3, -0.25) is 9.59 Å². The molecule has 0 atom stereocenters. The van der Waals surface area contributed by atoms with Crippen LogP contribution in [0.4, 0.5) is 24.5 Å². The van der Waals surface area contributed by atoms with Crippen molar-refractivity contribution in [3.8, 4) is 5.75 Å². The smallest absolute Gasteiger partial charge is 0.416 e. The number of rotatable bonds is 4. The van der Waals surface area contributed by atoms with E-state index in [0.29, 0.717) is 30.9 Å². The van der Waals surface area contributed by atoms with Gasteiger partial charge in [-0.1, -0.05) is 17.7 Å². The van der Waals surface area contributed by atoms with Crippen LogP contribution in [0.5, 0.6) is 5.75 Å². The molecule has 1 N–H and O–H groups in total. The minimum Gasteiger partial charge on any atom is -0.426 e. The van der Waals surface area contributed by atoms with Crippen molar-refractivity contribution in [2.75, 3.05) is 23.3 Å². The van der Waals surface area contributed by atoms with Gasteiger partial charge in [0.2, 0.25) is 5.91 Å². The third-order valence-corrected chi connectivity index (χ3v) is 5.16. The molecule has 2 aromatic carbocycles. The molecule has 2 aromatic rings. The lowest BCUT2D eigenvalue weighted by molar-refractivity contribution is -0.137. The number of nitrogens with zero attached hydrogens (tertiary/aromatic N) is 1. The molecular formula is C22H19F3N2O3. The number of esters is 1. The van der Waals surface area contributed by atoms with Crippen LogP contribution < -0.4 is 15.0 Å². The van der Waals surface area contributed by atoms with Crippen molar-refractivity contribution in [2.24, 2.45) is 0 Å². The monoisotopic (exact) mass is 416 g/mol. The summed E-state index contributed by atoms with van der Waals surface area (Å²) in [6.45, 7) is 1.15. The maximum absolute atomic E-state index is 12.7. The molecule has 1 amide bonds. The number of carbonyl (C=O) groups is 2. The first kappa shape index (κ1) is 20.0. The van der Waals surface area contributed by atoms with E-state index in [4.69, 9.17) is 4.74 Å². The first-order valence-corrected chi connectivity index (χ1v) is 9.51. The van der Waals surface area contributed by atoms with Gasteiger partial charge in [0, 0.05) is 42.5 Å². The maximum atomic E-state index is 12.7. The molecule has 2 heterocycles. The lowest BCUT2D eigenvalue weighted by atomic mass is 10.0. The van der Waals surface area contributed by atoms with Gasteiger partial charge in [0.15, 0.2) is 0 Å². The molecule has 5 nitrogen and oxygen atoms in total. The summed E-state index contributed by atoms with van der Waals surface area (Å²) in [7, 11) is 0. The largest absolute Gasteiger partial charge is 0.426 e. The van der Waals surface area contributed by atoms with E-state index in [1.807, 2.05) is 11.0 Å². The summed E-state index contributed by atoms with van der Waals surface area (Å²) in [6, 6.07) is 10.2. The number of halogens is 3. The van der Waals surface area contributed by atoms with Crippen LogP contribution >= 0.6 is 0 Å². The number of amides is 1. The van der Waals surface area contributed by atoms with Crippen LogP contribution in [0.1, 0.15) is 24.0 Å². The molecule has 2 aliphatic rings. The molecule has 0 aromatic heterocycles. The summed E-state index contributed by atoms with van der Waals surface area (Å²) in [5.74, 6) is -0.00573. The van der Waals surface area contributed by atoms with E-state index in [2.05, 4.69) is 5.32 Å². The molecule has 2 aliphatic heterocycles. The van der Waals surface area contributed by atoms with Crippen molar-refractivity contribution in [1.82, 2.24) is 0 Å². The van der Waals surface area contributed by atoms with Crippen LogP contribution in [0.25, 0.3) is 0 Å². The molecular weight excluding hydrogens is 397 g/mol. The maximum Gasteiger partial charge on any atom is 0.416 e. The molecule has 0 saturated carbocycles. The van der Waals surface area contributed by atoms with E-state index in [9.17, 15) is 22.8 Å². The summed E-state index contributed by atoms with van der Waals surface area (Å²) in [6.07, 6.45) is -1.29. The van der Waals surface area contributed by atoms with E-state index in [1.54, 1.807) is 18.2 Å². The zero-order valence-corrected chi connectivity index (χ0v) is 16.0. The Labute approximate surface area is 171 Å². The van der Waals surface area contributed by atoms with Gasteiger partial charge < -0.3 is 15.0 Å². The zero-order chi connectivity index (χ0) is 21.3. The van der Waals surface area contributed by atoms with Gasteiger partial charge in [-0.25, -0.2) is 0 Å². The van der Waals surface area contributed by atoms with Crippen molar-refractivity contribution in [3.63, 3.8) is 0 Å². The topological polar surface area (TPSA) is 58.6 Å². The fourth-order valence-corrected chi connectivity index (χ4v) is 3.57. The zero-order valence-electron chi connectivity index (χ0n) is 16.0. The molecule has 30 heavy (non-hydrogen) atoms. The highest BCUT2D eigenvalue weighted by Gasteiger charge is 2.30. The summed E-state index contributed by atoms with van der Waals surface area (Å²) in [5, 5.41) is 2.81. The summed E-state index contributed by atoms with van der Waals surface area (Å²) in [4.78, 5) is 25.6. The highest BCUT2D eigenvalue weighted by atomic mass is 19.4. The van der Waals surface area contributed by atoms with Crippen LogP contribution in [0.15, 0.2) is 54.1 Å². The Bertz CT molecular complexity index is 1010. The Morgan fingerprint density at radius 1 is 1.13 bits per heavy atom. The number of alkyl halides is 3. The van der Waals surface area contributed by atoms with Gasteiger partial charge in [0.25, 0.3) is 0 Å². The van der Waals surface area contributed by atoms with Crippen molar-refractivity contribution < 1.29 is 27.5 Å². The molecule has 0 spiro atoms. The number of hydrogen-bond acceptors (Lipinski definition) is 4. The lowest BCUT2D eigenvalue weighted by Gasteiger charge is -2.28. The summed E-state index contributed by atoms with van der Waals surface area (Å²) >= 11 is 0. The molecule has 0 radical (unpaired) electrons. The third kappa shape index (κ3) is 4.48. The van der Waals surface area contributed by atoms with Gasteiger partial charge in [-0.05, 0) is 36.8 Å². The average molecular weight is 416 g/mol. The predicted molar refractivity (Wildman–Crippen MR) is 105 cm³/mol. The van der Waals surface area contributed by atoms with Crippen molar-refractivity contribution in [1.29, 1.82) is 0 Å². The Kier molecular flexibility index (Phi) is 5.24. The molecule has 4 rings (SSSR count). The SMILES string of the molecule is O=C(CC1=CCN(c2ccc(C(F)(F)F)cc2)CC1)Nc1ccc2c(c1)OC(=O)C2. The second-order valence-corrected chi connectivity index (χ2v) is 7.30. The Morgan fingerprint density at radius 3 is 2.57 bits per heavy atom. The number of nitrogens with one attached hydrogen (secondary N) is 1. The number of ether oxygens (including phenoxy) is 1. The highest BCUT2D eigenvalue weighted by Crippen LogP contribution is 2.32. The number of fused-ring (bicyclic) bond motifs is 1. The average Bonchev–Trinajstić information content (AvgIpc) is 3.07. The molecule has 0 bridgehead atoms. The minimum absolute atomic E-state index is 0.173. The normalized spacial score (nSPS) is 16.0. The molecule has 156 valence electrons. The molecule has 0 unspecified atom stereocenters. The van der Waals surface area contributed by atoms with E-state index < -0.39 is 11.7 Å². The predicted octanol–water partition coefficient (Wildman–Crippen LogP) is 4.33. The quantitative estimate of drug-likeness (QED) is 0.458. The van der Waals surface area contributed by atoms with Crippen LogP contribution in [-0.2, 0) is 22.2 Å². The Hall–Kier alpha value is -3.29. The van der Waals surface area contributed by atoms with E-state index in [0.717, 1.165) is 29.0 Å². The van der Waals surface area contributed by atoms with E-state index >= 15 is 0 Å². The fourth-order valence-electron chi connectivity index (χ4n) is 3.57. The van der Waals surface area contributed by atoms with Gasteiger partial charge in [0.1, 0.15) is 5.75 Å². The number of hydrogen-bond donors (Lipinski definition) is 1. The molecule has 0 saturated heterocycles. The van der Waals surface area contributed by atoms with Crippen LogP contribution in [0.3, 0.4) is 0 Å². The fraction of sp³-hybridized carbons (Fsp3) is 0.273. The second kappa shape index (κ2) is 7.85. The molecule has 8 heteroatoms. The van der Waals surface area contributed by atoms with Crippen LogP contribution in [0.2, 0.25) is 0 Å². The van der Waals surface area contributed by atoms with Crippen LogP contribution in [0, 0.1) is 0 Å². The van der Waals surface area contributed by atoms with Gasteiger partial charge in [0.05, 0.1) is 12.0 Å². The highest BCUT2D eigenvalue weighted by molar-refractivity contribution is 5.93. The second-order valence-electron chi connectivity index (χ2n) is 7.30. The summed E-state index contributed by atoms with van der Waals surface area (Å²) < 4.78 is 43.2. The Balaban J connectivity index is 1.32. The van der Waals surface area contributed by atoms with Crippen LogP contribution in [-0.4, -0.2) is 25.0 Å². The number of carbonyl (C=O) groups excluding carboxylic acids is 2. The number of benzene rings is 2. The number of anilines is 2. The van der Waals surface area contributed by atoms with Crippen molar-refractivity contribution in [3.05, 3.63) is 65.2 Å². The van der Waals surface area contributed by atoms with Gasteiger partial charge >= 0.3 is 12.1 Å². The van der Waals surface area contributed by atoms with Gasteiger partial charge in [-0.15, -0.1) is 0 Å². The van der Waals surface area contributed by atoms with Gasteiger partial charge in [-0.2, -0.15) is 13.2 Å². The lowest BCUT2D eigenvalue weighted by Crippen LogP contribution is -2.29.